The maximum atomic E-state index is 5.99. The van der Waals surface area contributed by atoms with Crippen LogP contribution in [0.5, 0.6) is 5.75 Å². The van der Waals surface area contributed by atoms with E-state index in [-0.39, 0.29) is 0 Å². The van der Waals surface area contributed by atoms with Crippen molar-refractivity contribution in [1.29, 1.82) is 0 Å². The monoisotopic (exact) mass is 298 g/mol. The lowest BCUT2D eigenvalue weighted by Crippen LogP contribution is -2.08. The molecular formula is C12H11ClN2OS2. The lowest BCUT2D eigenvalue weighted by molar-refractivity contribution is 0.305. The van der Waals surface area contributed by atoms with E-state index in [0.29, 0.717) is 22.4 Å². The molecule has 1 aromatic heterocycles. The number of halogens is 1. The summed E-state index contributed by atoms with van der Waals surface area (Å²) in [4.78, 5) is 5.56. The first-order valence-corrected chi connectivity index (χ1v) is 6.81. The van der Waals surface area contributed by atoms with Crippen molar-refractivity contribution in [1.82, 2.24) is 4.98 Å². The number of nitrogens with zero attached hydrogens (tertiary/aromatic N) is 1. The lowest BCUT2D eigenvalue weighted by atomic mass is 10.3. The van der Waals surface area contributed by atoms with Crippen LogP contribution in [0.15, 0.2) is 24.3 Å². The lowest BCUT2D eigenvalue weighted by Gasteiger charge is -2.05. The Hall–Kier alpha value is -1.17. The molecule has 2 aromatic rings. The number of benzene rings is 1. The summed E-state index contributed by atoms with van der Waals surface area (Å²) in [6, 6.07) is 7.32. The van der Waals surface area contributed by atoms with Crippen LogP contribution in [-0.4, -0.2) is 9.97 Å². The van der Waals surface area contributed by atoms with E-state index in [2.05, 4.69) is 4.98 Å². The van der Waals surface area contributed by atoms with Gasteiger partial charge in [0.05, 0.1) is 15.6 Å². The van der Waals surface area contributed by atoms with Crippen LogP contribution in [0.1, 0.15) is 15.6 Å². The minimum absolute atomic E-state index is 0.359. The molecule has 3 nitrogen and oxygen atoms in total. The molecule has 2 rings (SSSR count). The second-order valence-electron chi connectivity index (χ2n) is 3.61. The number of thiazole rings is 1. The van der Waals surface area contributed by atoms with Crippen molar-refractivity contribution in [2.45, 2.75) is 13.5 Å². The van der Waals surface area contributed by atoms with Gasteiger partial charge in [-0.2, -0.15) is 0 Å². The van der Waals surface area contributed by atoms with Crippen molar-refractivity contribution in [3.05, 3.63) is 44.9 Å². The molecule has 0 spiro atoms. The number of hydrogen-bond acceptors (Lipinski definition) is 4. The molecule has 6 heteroatoms. The fourth-order valence-electron chi connectivity index (χ4n) is 1.44. The number of rotatable bonds is 4. The van der Waals surface area contributed by atoms with Crippen LogP contribution in [0.3, 0.4) is 0 Å². The highest BCUT2D eigenvalue weighted by atomic mass is 35.5. The smallest absolute Gasteiger partial charge is 0.140 e. The summed E-state index contributed by atoms with van der Waals surface area (Å²) >= 11 is 12.4. The van der Waals surface area contributed by atoms with E-state index in [0.717, 1.165) is 15.6 Å². The minimum atomic E-state index is 0.359. The van der Waals surface area contributed by atoms with Gasteiger partial charge in [0.15, 0.2) is 0 Å². The Balaban J connectivity index is 2.09. The van der Waals surface area contributed by atoms with E-state index < -0.39 is 0 Å². The second-order valence-corrected chi connectivity index (χ2v) is 5.54. The quantitative estimate of drug-likeness (QED) is 0.880. The zero-order valence-electron chi connectivity index (χ0n) is 9.64. The van der Waals surface area contributed by atoms with Crippen molar-refractivity contribution in [3.63, 3.8) is 0 Å². The third-order valence-electron chi connectivity index (χ3n) is 2.25. The predicted octanol–water partition coefficient (Wildman–Crippen LogP) is 3.32. The third-order valence-corrected chi connectivity index (χ3v) is 4.06. The first kappa shape index (κ1) is 13.3. The molecule has 0 aliphatic carbocycles. The van der Waals surface area contributed by atoms with Crippen molar-refractivity contribution in [2.75, 3.05) is 0 Å². The van der Waals surface area contributed by atoms with Gasteiger partial charge in [0.2, 0.25) is 0 Å². The van der Waals surface area contributed by atoms with E-state index in [9.17, 15) is 0 Å². The van der Waals surface area contributed by atoms with Crippen molar-refractivity contribution in [3.8, 4) is 5.75 Å². The van der Waals surface area contributed by atoms with Gasteiger partial charge < -0.3 is 10.5 Å². The Kier molecular flexibility index (Phi) is 4.16. The van der Waals surface area contributed by atoms with Crippen LogP contribution in [0.25, 0.3) is 0 Å². The van der Waals surface area contributed by atoms with Crippen LogP contribution in [0, 0.1) is 6.92 Å². The molecule has 0 saturated heterocycles. The predicted molar refractivity (Wildman–Crippen MR) is 78.5 cm³/mol. The van der Waals surface area contributed by atoms with Crippen LogP contribution < -0.4 is 10.5 Å². The van der Waals surface area contributed by atoms with E-state index in [1.54, 1.807) is 6.07 Å². The summed E-state index contributed by atoms with van der Waals surface area (Å²) in [5, 5.41) is 1.41. The number of thiocarbonyl (C=S) groups is 1. The van der Waals surface area contributed by atoms with E-state index >= 15 is 0 Å². The van der Waals surface area contributed by atoms with Crippen molar-refractivity contribution < 1.29 is 4.74 Å². The number of ether oxygens (including phenoxy) is 1. The van der Waals surface area contributed by atoms with Crippen molar-refractivity contribution >= 4 is 40.1 Å². The molecule has 1 aromatic carbocycles. The number of hydrogen-bond donors (Lipinski definition) is 1. The fraction of sp³-hybridized carbons (Fsp3) is 0.167. The number of nitrogens with two attached hydrogens (primary N) is 1. The van der Waals surface area contributed by atoms with Crippen LogP contribution in [-0.2, 0) is 6.61 Å². The molecule has 0 aliphatic heterocycles. The van der Waals surface area contributed by atoms with Gasteiger partial charge in [-0.1, -0.05) is 36.0 Å². The van der Waals surface area contributed by atoms with Gasteiger partial charge in [-0.05, 0) is 19.1 Å². The van der Waals surface area contributed by atoms with Gasteiger partial charge in [-0.15, -0.1) is 11.3 Å². The molecular weight excluding hydrogens is 288 g/mol. The molecule has 0 atom stereocenters. The minimum Gasteiger partial charge on any atom is -0.485 e. The number of aromatic nitrogens is 1. The summed E-state index contributed by atoms with van der Waals surface area (Å²) in [5.41, 5.74) is 6.44. The molecule has 0 fully saturated rings. The highest BCUT2D eigenvalue weighted by Gasteiger charge is 2.10. The average Bonchev–Trinajstić information content (AvgIpc) is 2.70. The first-order chi connectivity index (χ1) is 8.58. The molecule has 0 amide bonds. The van der Waals surface area contributed by atoms with E-state index in [4.69, 9.17) is 34.3 Å². The van der Waals surface area contributed by atoms with Gasteiger partial charge in [-0.25, -0.2) is 4.98 Å². The van der Waals surface area contributed by atoms with Gasteiger partial charge in [0.25, 0.3) is 0 Å². The summed E-state index contributed by atoms with van der Waals surface area (Å²) < 4.78 is 5.60. The summed E-state index contributed by atoms with van der Waals surface area (Å²) in [7, 11) is 0. The zero-order chi connectivity index (χ0) is 13.1. The van der Waals surface area contributed by atoms with Crippen LogP contribution in [0.2, 0.25) is 5.02 Å². The maximum Gasteiger partial charge on any atom is 0.140 e. The molecule has 0 aliphatic rings. The van der Waals surface area contributed by atoms with Crippen LogP contribution in [0.4, 0.5) is 0 Å². The van der Waals surface area contributed by atoms with Gasteiger partial charge in [0, 0.05) is 0 Å². The molecule has 0 unspecified atom stereocenters. The van der Waals surface area contributed by atoms with Gasteiger partial charge >= 0.3 is 0 Å². The molecule has 0 bridgehead atoms. The zero-order valence-corrected chi connectivity index (χ0v) is 12.0. The highest BCUT2D eigenvalue weighted by molar-refractivity contribution is 7.81. The second kappa shape index (κ2) is 5.65. The molecule has 0 radical (unpaired) electrons. The fourth-order valence-corrected chi connectivity index (χ4v) is 2.74. The SMILES string of the molecule is Cc1nc(COc2ccccc2Cl)sc1C(N)=S. The third kappa shape index (κ3) is 2.98. The summed E-state index contributed by atoms with van der Waals surface area (Å²) in [5.74, 6) is 0.642. The van der Waals surface area contributed by atoms with Crippen molar-refractivity contribution in [2.24, 2.45) is 5.73 Å². The Morgan fingerprint density at radius 2 is 2.22 bits per heavy atom. The molecule has 0 saturated carbocycles. The molecule has 18 heavy (non-hydrogen) atoms. The van der Waals surface area contributed by atoms with Crippen LogP contribution >= 0.6 is 35.2 Å². The largest absolute Gasteiger partial charge is 0.485 e. The van der Waals surface area contributed by atoms with E-state index in [1.807, 2.05) is 25.1 Å². The molecule has 94 valence electrons. The first-order valence-electron chi connectivity index (χ1n) is 5.21. The average molecular weight is 299 g/mol. The maximum absolute atomic E-state index is 5.99. The Morgan fingerprint density at radius 1 is 1.50 bits per heavy atom. The Morgan fingerprint density at radius 3 is 2.83 bits per heavy atom. The Labute approximate surface area is 120 Å². The summed E-state index contributed by atoms with van der Waals surface area (Å²) in [6.07, 6.45) is 0. The molecule has 2 N–H and O–H groups in total. The number of para-hydroxylation sites is 1. The number of aryl methyl sites for hydroxylation is 1. The summed E-state index contributed by atoms with van der Waals surface area (Å²) in [6.45, 7) is 2.24. The van der Waals surface area contributed by atoms with Gasteiger partial charge in [0.1, 0.15) is 22.4 Å². The standard InChI is InChI=1S/C12H11ClN2OS2/c1-7-11(12(14)17)18-10(15-7)6-16-9-5-3-2-4-8(9)13/h2-5H,6H2,1H3,(H2,14,17). The highest BCUT2D eigenvalue weighted by Crippen LogP contribution is 2.25. The Bertz CT molecular complexity index is 583. The normalized spacial score (nSPS) is 10.3. The molecule has 1 heterocycles. The van der Waals surface area contributed by atoms with Gasteiger partial charge in [-0.3, -0.25) is 0 Å². The van der Waals surface area contributed by atoms with E-state index in [1.165, 1.54) is 11.3 Å². The topological polar surface area (TPSA) is 48.1 Å².